The monoisotopic (exact) mass is 343 g/mol. The van der Waals surface area contributed by atoms with E-state index in [-0.39, 0.29) is 6.61 Å². The normalized spacial score (nSPS) is 21.5. The molecule has 1 aromatic carbocycles. The van der Waals surface area contributed by atoms with Crippen molar-refractivity contribution in [2.75, 3.05) is 11.9 Å². The smallest absolute Gasteiger partial charge is 0.400 e. The number of benzene rings is 1. The van der Waals surface area contributed by atoms with Gasteiger partial charge in [-0.3, -0.25) is 9.59 Å². The van der Waals surface area contributed by atoms with Gasteiger partial charge in [0.1, 0.15) is 0 Å². The number of Topliss-reactive ketones (excluding diaryl/α,β-unsaturated/α-hetero) is 1. The largest absolute Gasteiger partial charge is 0.492 e. The Morgan fingerprint density at radius 3 is 2.36 bits per heavy atom. The number of anilines is 1. The molecule has 0 saturated carbocycles. The standard InChI is InChI=1S/C18H22BNO5/c1-10-6-7-13-14(15(22)16(23)20-13)12(10)8-11(9-21)19-24-17(2,3)18(4,5)25-19/h6-8,21H,9H2,1-5H3,(H,20,22,23). The van der Waals surface area contributed by atoms with E-state index in [1.54, 1.807) is 12.1 Å². The maximum atomic E-state index is 12.2. The number of rotatable bonds is 3. The highest BCUT2D eigenvalue weighted by Gasteiger charge is 2.52. The number of carbonyl (C=O) groups excluding carboxylic acids is 2. The van der Waals surface area contributed by atoms with Crippen LogP contribution in [0.25, 0.3) is 6.08 Å². The van der Waals surface area contributed by atoms with Gasteiger partial charge in [0.25, 0.3) is 11.7 Å². The van der Waals surface area contributed by atoms with E-state index in [9.17, 15) is 14.7 Å². The predicted molar refractivity (Wildman–Crippen MR) is 95.3 cm³/mol. The number of ketones is 1. The third-order valence-electron chi connectivity index (χ3n) is 5.21. The highest BCUT2D eigenvalue weighted by atomic mass is 16.7. The van der Waals surface area contributed by atoms with Crippen LogP contribution in [0.1, 0.15) is 49.2 Å². The van der Waals surface area contributed by atoms with Gasteiger partial charge in [0.15, 0.2) is 0 Å². The molecule has 0 aliphatic carbocycles. The molecule has 0 spiro atoms. The first-order valence-corrected chi connectivity index (χ1v) is 8.23. The van der Waals surface area contributed by atoms with Gasteiger partial charge in [-0.15, -0.1) is 0 Å². The quantitative estimate of drug-likeness (QED) is 0.649. The Kier molecular flexibility index (Phi) is 4.14. The molecule has 1 aromatic rings. The van der Waals surface area contributed by atoms with Crippen molar-refractivity contribution >= 4 is 30.6 Å². The van der Waals surface area contributed by atoms with E-state index >= 15 is 0 Å². The van der Waals surface area contributed by atoms with Crippen LogP contribution in [0.3, 0.4) is 0 Å². The molecule has 0 radical (unpaired) electrons. The van der Waals surface area contributed by atoms with Gasteiger partial charge in [-0.1, -0.05) is 12.1 Å². The summed E-state index contributed by atoms with van der Waals surface area (Å²) in [5, 5.41) is 12.4. The molecule has 2 aliphatic heterocycles. The number of amides is 1. The summed E-state index contributed by atoms with van der Waals surface area (Å²) >= 11 is 0. The number of aliphatic hydroxyl groups is 1. The lowest BCUT2D eigenvalue weighted by Gasteiger charge is -2.32. The van der Waals surface area contributed by atoms with Gasteiger partial charge in [-0.25, -0.2) is 0 Å². The van der Waals surface area contributed by atoms with Crippen molar-refractivity contribution in [3.8, 4) is 0 Å². The molecule has 2 N–H and O–H groups in total. The molecule has 1 amide bonds. The minimum absolute atomic E-state index is 0.282. The lowest BCUT2D eigenvalue weighted by Crippen LogP contribution is -2.41. The molecule has 2 heterocycles. The van der Waals surface area contributed by atoms with Gasteiger partial charge in [0.05, 0.1) is 29.1 Å². The van der Waals surface area contributed by atoms with E-state index in [2.05, 4.69) is 5.32 Å². The second-order valence-electron chi connectivity index (χ2n) is 7.47. The molecule has 25 heavy (non-hydrogen) atoms. The average Bonchev–Trinajstić information content (AvgIpc) is 2.92. The Hall–Kier alpha value is -1.96. The van der Waals surface area contributed by atoms with Crippen LogP contribution in [-0.4, -0.2) is 41.7 Å². The molecule has 7 heteroatoms. The van der Waals surface area contributed by atoms with Gasteiger partial charge in [-0.2, -0.15) is 0 Å². The van der Waals surface area contributed by atoms with E-state index in [4.69, 9.17) is 9.31 Å². The molecule has 0 unspecified atom stereocenters. The molecule has 0 bridgehead atoms. The molecule has 1 fully saturated rings. The van der Waals surface area contributed by atoms with Gasteiger partial charge in [0.2, 0.25) is 0 Å². The summed E-state index contributed by atoms with van der Waals surface area (Å²) in [5.41, 5.74) is 1.67. The molecule has 2 aliphatic rings. The molecule has 6 nitrogen and oxygen atoms in total. The average molecular weight is 343 g/mol. The highest BCUT2D eigenvalue weighted by Crippen LogP contribution is 2.39. The number of hydrogen-bond acceptors (Lipinski definition) is 5. The SMILES string of the molecule is Cc1ccc2c(c1C=C(CO)B1OC(C)(C)C(C)(C)O1)C(=O)C(=O)N2. The molecule has 132 valence electrons. The maximum absolute atomic E-state index is 12.2. The zero-order valence-corrected chi connectivity index (χ0v) is 15.1. The number of carbonyl (C=O) groups is 2. The summed E-state index contributed by atoms with van der Waals surface area (Å²) in [6.45, 7) is 9.29. The Morgan fingerprint density at radius 1 is 1.20 bits per heavy atom. The summed E-state index contributed by atoms with van der Waals surface area (Å²) in [6, 6.07) is 3.53. The summed E-state index contributed by atoms with van der Waals surface area (Å²) in [7, 11) is -0.717. The van der Waals surface area contributed by atoms with E-state index in [1.807, 2.05) is 40.7 Å². The van der Waals surface area contributed by atoms with Crippen molar-refractivity contribution in [1.29, 1.82) is 0 Å². The van der Waals surface area contributed by atoms with Crippen molar-refractivity contribution in [3.05, 3.63) is 34.3 Å². The Labute approximate surface area is 147 Å². The number of hydrogen-bond donors (Lipinski definition) is 2. The van der Waals surface area contributed by atoms with Crippen LogP contribution in [0, 0.1) is 6.92 Å². The molecule has 0 aromatic heterocycles. The Bertz CT molecular complexity index is 781. The van der Waals surface area contributed by atoms with Crippen molar-refractivity contribution < 1.29 is 24.0 Å². The summed E-state index contributed by atoms with van der Waals surface area (Å²) in [5.74, 6) is -1.22. The maximum Gasteiger partial charge on any atom is 0.492 e. The Morgan fingerprint density at radius 2 is 1.80 bits per heavy atom. The first kappa shape index (κ1) is 17.9. The predicted octanol–water partition coefficient (Wildman–Crippen LogP) is 2.14. The number of aliphatic hydroxyl groups excluding tert-OH is 1. The van der Waals surface area contributed by atoms with Crippen LogP contribution in [0.15, 0.2) is 17.6 Å². The van der Waals surface area contributed by atoms with E-state index < -0.39 is 30.0 Å². The van der Waals surface area contributed by atoms with Crippen molar-refractivity contribution in [3.63, 3.8) is 0 Å². The van der Waals surface area contributed by atoms with Gasteiger partial charge in [-0.05, 0) is 57.3 Å². The fourth-order valence-corrected chi connectivity index (χ4v) is 2.92. The van der Waals surface area contributed by atoms with Crippen molar-refractivity contribution in [2.45, 2.75) is 45.8 Å². The highest BCUT2D eigenvalue weighted by molar-refractivity contribution is 6.56. The molecule has 3 rings (SSSR count). The zero-order valence-electron chi connectivity index (χ0n) is 15.1. The molecular weight excluding hydrogens is 321 g/mol. The van der Waals surface area contributed by atoms with Crippen LogP contribution in [0.4, 0.5) is 5.69 Å². The van der Waals surface area contributed by atoms with Gasteiger partial charge in [0, 0.05) is 0 Å². The van der Waals surface area contributed by atoms with Crippen molar-refractivity contribution in [1.82, 2.24) is 0 Å². The first-order valence-electron chi connectivity index (χ1n) is 8.23. The fourth-order valence-electron chi connectivity index (χ4n) is 2.92. The third kappa shape index (κ3) is 2.82. The number of fused-ring (bicyclic) bond motifs is 1. The molecule has 0 atom stereocenters. The van der Waals surface area contributed by atoms with E-state index in [1.165, 1.54) is 0 Å². The minimum Gasteiger partial charge on any atom is -0.400 e. The lowest BCUT2D eigenvalue weighted by molar-refractivity contribution is -0.112. The van der Waals surface area contributed by atoms with E-state index in [0.717, 1.165) is 5.56 Å². The van der Waals surface area contributed by atoms with Gasteiger partial charge >= 0.3 is 7.12 Å². The Balaban J connectivity index is 2.05. The third-order valence-corrected chi connectivity index (χ3v) is 5.21. The first-order chi connectivity index (χ1) is 11.6. The van der Waals surface area contributed by atoms with Crippen LogP contribution < -0.4 is 5.32 Å². The van der Waals surface area contributed by atoms with Crippen LogP contribution in [0.5, 0.6) is 0 Å². The number of aryl methyl sites for hydroxylation is 1. The second-order valence-corrected chi connectivity index (χ2v) is 7.47. The number of nitrogens with one attached hydrogen (secondary N) is 1. The second kappa shape index (κ2) is 5.80. The lowest BCUT2D eigenvalue weighted by atomic mass is 9.76. The van der Waals surface area contributed by atoms with E-state index in [0.29, 0.717) is 22.3 Å². The van der Waals surface area contributed by atoms with Crippen LogP contribution >= 0.6 is 0 Å². The fraction of sp³-hybridized carbons (Fsp3) is 0.444. The summed E-state index contributed by atoms with van der Waals surface area (Å²) < 4.78 is 12.0. The van der Waals surface area contributed by atoms with Gasteiger partial charge < -0.3 is 19.7 Å². The summed E-state index contributed by atoms with van der Waals surface area (Å²) in [4.78, 5) is 23.9. The zero-order chi connectivity index (χ0) is 18.6. The topological polar surface area (TPSA) is 84.9 Å². The van der Waals surface area contributed by atoms with Crippen LogP contribution in [0.2, 0.25) is 0 Å². The summed E-state index contributed by atoms with van der Waals surface area (Å²) in [6.07, 6.45) is 1.69. The molecular formula is C18H22BNO5. The van der Waals surface area contributed by atoms with Crippen molar-refractivity contribution in [2.24, 2.45) is 0 Å². The molecule has 1 saturated heterocycles. The van der Waals surface area contributed by atoms with Crippen LogP contribution in [-0.2, 0) is 14.1 Å². The minimum atomic E-state index is -0.717.